The number of Topliss-reactive ketones (excluding diaryl/α,β-unsaturated/α-hetero) is 1. The van der Waals surface area contributed by atoms with E-state index in [9.17, 15) is 37.9 Å². The standard InChI is InChI=1S/C28H46F2N4O6/c1-8-10-19(23(36)26(39)31-16(7)9-2)32-24(37)21-17-11-12-28(29,30)18(17)13-34(21)27(40)20(14(3)4)33-25(38)22(35)15(5)6/h14-22,35H,8-13H2,1-7H3,(H,31,39)(H,32,37)(H,33,38)/t16?,17-,18-,19?,20-,21-,22-/m0/s1. The molecule has 12 heteroatoms. The highest BCUT2D eigenvalue weighted by molar-refractivity contribution is 6.38. The molecule has 2 fully saturated rings. The number of carbonyl (C=O) groups is 5. The number of ketones is 1. The molecule has 7 atom stereocenters. The van der Waals surface area contributed by atoms with Crippen molar-refractivity contribution in [2.45, 2.75) is 117 Å². The van der Waals surface area contributed by atoms with Crippen LogP contribution in [0.5, 0.6) is 0 Å². The second-order valence-corrected chi connectivity index (χ2v) is 11.9. The van der Waals surface area contributed by atoms with Crippen LogP contribution in [0.4, 0.5) is 8.78 Å². The van der Waals surface area contributed by atoms with Gasteiger partial charge in [0.1, 0.15) is 18.2 Å². The van der Waals surface area contributed by atoms with E-state index in [1.807, 2.05) is 6.92 Å². The van der Waals surface area contributed by atoms with Crippen LogP contribution in [-0.2, 0) is 24.0 Å². The van der Waals surface area contributed by atoms with Crippen molar-refractivity contribution in [3.8, 4) is 0 Å². The van der Waals surface area contributed by atoms with Crippen molar-refractivity contribution in [3.05, 3.63) is 0 Å². The van der Waals surface area contributed by atoms with Crippen LogP contribution in [0, 0.1) is 23.7 Å². The Bertz CT molecular complexity index is 959. The van der Waals surface area contributed by atoms with Crippen molar-refractivity contribution in [2.24, 2.45) is 23.7 Å². The van der Waals surface area contributed by atoms with Crippen molar-refractivity contribution in [1.29, 1.82) is 0 Å². The number of halogens is 2. The highest BCUT2D eigenvalue weighted by Gasteiger charge is 2.61. The van der Waals surface area contributed by atoms with Gasteiger partial charge in [0.25, 0.3) is 11.8 Å². The summed E-state index contributed by atoms with van der Waals surface area (Å²) in [4.78, 5) is 66.5. The van der Waals surface area contributed by atoms with Crippen molar-refractivity contribution in [1.82, 2.24) is 20.9 Å². The van der Waals surface area contributed by atoms with Gasteiger partial charge in [0.2, 0.25) is 23.5 Å². The highest BCUT2D eigenvalue weighted by Crippen LogP contribution is 2.51. The first-order valence-electron chi connectivity index (χ1n) is 14.4. The Balaban J connectivity index is 2.36. The molecule has 0 bridgehead atoms. The quantitative estimate of drug-likeness (QED) is 0.248. The average molecular weight is 573 g/mol. The van der Waals surface area contributed by atoms with Crippen LogP contribution < -0.4 is 16.0 Å². The third-order valence-corrected chi connectivity index (χ3v) is 8.11. The number of carbonyl (C=O) groups excluding carboxylic acids is 5. The third kappa shape index (κ3) is 7.55. The number of aliphatic hydroxyl groups is 1. The SMILES string of the molecule is CCCC(NC(=O)[C@@H]1[C@H]2CCC(F)(F)[C@H]2CN1C(=O)[C@@H](NC(=O)[C@@H](O)C(C)C)C(C)C)C(=O)C(=O)NC(C)CC. The summed E-state index contributed by atoms with van der Waals surface area (Å²) in [6, 6.07) is -3.90. The smallest absolute Gasteiger partial charge is 0.289 e. The first-order chi connectivity index (χ1) is 18.6. The van der Waals surface area contributed by atoms with Gasteiger partial charge in [-0.15, -0.1) is 0 Å². The van der Waals surface area contributed by atoms with Gasteiger partial charge in [0, 0.05) is 24.9 Å². The molecule has 2 unspecified atom stereocenters. The molecule has 1 aliphatic carbocycles. The van der Waals surface area contributed by atoms with E-state index in [-0.39, 0.29) is 25.4 Å². The number of hydrogen-bond acceptors (Lipinski definition) is 6. The Morgan fingerprint density at radius 1 is 0.975 bits per heavy atom. The van der Waals surface area contributed by atoms with Gasteiger partial charge in [-0.05, 0) is 43.9 Å². The van der Waals surface area contributed by atoms with Crippen molar-refractivity contribution < 1.29 is 37.9 Å². The maximum Gasteiger partial charge on any atom is 0.289 e. The van der Waals surface area contributed by atoms with Gasteiger partial charge in [-0.1, -0.05) is 48.0 Å². The summed E-state index contributed by atoms with van der Waals surface area (Å²) in [5.74, 6) is -10.0. The molecule has 1 saturated heterocycles. The molecule has 0 aromatic rings. The first-order valence-corrected chi connectivity index (χ1v) is 14.4. The maximum absolute atomic E-state index is 14.8. The van der Waals surface area contributed by atoms with Crippen molar-refractivity contribution in [3.63, 3.8) is 0 Å². The van der Waals surface area contributed by atoms with E-state index in [1.165, 1.54) is 0 Å². The van der Waals surface area contributed by atoms with Gasteiger partial charge in [0.15, 0.2) is 0 Å². The summed E-state index contributed by atoms with van der Waals surface area (Å²) in [7, 11) is 0. The van der Waals surface area contributed by atoms with E-state index in [0.717, 1.165) is 4.90 Å². The number of rotatable bonds is 13. The zero-order valence-corrected chi connectivity index (χ0v) is 24.6. The Morgan fingerprint density at radius 3 is 2.12 bits per heavy atom. The monoisotopic (exact) mass is 572 g/mol. The highest BCUT2D eigenvalue weighted by atomic mass is 19.3. The van der Waals surface area contributed by atoms with E-state index in [4.69, 9.17) is 0 Å². The molecule has 1 aliphatic heterocycles. The molecular formula is C28H46F2N4O6. The predicted molar refractivity (Wildman–Crippen MR) is 144 cm³/mol. The summed E-state index contributed by atoms with van der Waals surface area (Å²) in [5, 5.41) is 17.9. The number of amides is 4. The third-order valence-electron chi connectivity index (χ3n) is 8.11. The molecule has 1 saturated carbocycles. The fourth-order valence-electron chi connectivity index (χ4n) is 5.43. The lowest BCUT2D eigenvalue weighted by Gasteiger charge is -2.33. The number of nitrogens with zero attached hydrogens (tertiary/aromatic N) is 1. The Labute approximate surface area is 235 Å². The van der Waals surface area contributed by atoms with Gasteiger partial charge < -0.3 is 26.0 Å². The van der Waals surface area contributed by atoms with E-state index in [2.05, 4.69) is 16.0 Å². The first kappa shape index (κ1) is 33.6. The molecule has 0 aromatic carbocycles. The number of alkyl halides is 2. The minimum Gasteiger partial charge on any atom is -0.383 e. The molecule has 0 spiro atoms. The minimum atomic E-state index is -3.09. The van der Waals surface area contributed by atoms with E-state index in [1.54, 1.807) is 41.5 Å². The fraction of sp³-hybridized carbons (Fsp3) is 0.821. The van der Waals surface area contributed by atoms with Crippen LogP contribution >= 0.6 is 0 Å². The molecule has 0 aromatic heterocycles. The second kappa shape index (κ2) is 13.8. The van der Waals surface area contributed by atoms with Gasteiger partial charge in [-0.2, -0.15) is 0 Å². The van der Waals surface area contributed by atoms with Crippen LogP contribution in [0.1, 0.15) is 80.6 Å². The van der Waals surface area contributed by atoms with Crippen molar-refractivity contribution >= 4 is 29.4 Å². The summed E-state index contributed by atoms with van der Waals surface area (Å²) in [6.45, 7) is 11.6. The van der Waals surface area contributed by atoms with E-state index < -0.39 is 89.7 Å². The number of fused-ring (bicyclic) bond motifs is 1. The Kier molecular flexibility index (Phi) is 11.6. The molecule has 2 rings (SSSR count). The van der Waals surface area contributed by atoms with Crippen molar-refractivity contribution in [2.75, 3.05) is 6.54 Å². The van der Waals surface area contributed by atoms with Crippen LogP contribution in [0.3, 0.4) is 0 Å². The van der Waals surface area contributed by atoms with Crippen LogP contribution in [0.2, 0.25) is 0 Å². The topological polar surface area (TPSA) is 145 Å². The lowest BCUT2D eigenvalue weighted by atomic mass is 9.91. The molecule has 4 N–H and O–H groups in total. The zero-order valence-electron chi connectivity index (χ0n) is 24.6. The Morgan fingerprint density at radius 2 is 1.60 bits per heavy atom. The van der Waals surface area contributed by atoms with Crippen LogP contribution in [0.25, 0.3) is 0 Å². The Hall–Kier alpha value is -2.63. The largest absolute Gasteiger partial charge is 0.383 e. The van der Waals surface area contributed by atoms with Gasteiger partial charge in [-0.25, -0.2) is 8.78 Å². The zero-order chi connectivity index (χ0) is 30.5. The van der Waals surface area contributed by atoms with Gasteiger partial charge in [0.05, 0.1) is 6.04 Å². The number of likely N-dealkylation sites (tertiary alicyclic amines) is 1. The normalized spacial score (nSPS) is 24.7. The summed E-state index contributed by atoms with van der Waals surface area (Å²) >= 11 is 0. The second-order valence-electron chi connectivity index (χ2n) is 11.9. The number of aliphatic hydroxyl groups excluding tert-OH is 1. The van der Waals surface area contributed by atoms with E-state index >= 15 is 0 Å². The minimum absolute atomic E-state index is 0.00515. The number of hydrogen-bond donors (Lipinski definition) is 4. The molecule has 4 amide bonds. The fourth-order valence-corrected chi connectivity index (χ4v) is 5.43. The lowest BCUT2D eigenvalue weighted by Crippen LogP contribution is -2.59. The molecule has 228 valence electrons. The molecule has 40 heavy (non-hydrogen) atoms. The summed E-state index contributed by atoms with van der Waals surface area (Å²) in [6.07, 6.45) is -0.579. The van der Waals surface area contributed by atoms with E-state index in [0.29, 0.717) is 12.8 Å². The molecule has 1 heterocycles. The van der Waals surface area contributed by atoms with Gasteiger partial charge in [-0.3, -0.25) is 24.0 Å². The van der Waals surface area contributed by atoms with Crippen LogP contribution in [0.15, 0.2) is 0 Å². The predicted octanol–water partition coefficient (Wildman–Crippen LogP) is 1.79. The lowest BCUT2D eigenvalue weighted by molar-refractivity contribution is -0.146. The van der Waals surface area contributed by atoms with Crippen LogP contribution in [-0.4, -0.2) is 82.2 Å². The molecule has 2 aliphatic rings. The number of nitrogens with one attached hydrogen (secondary N) is 3. The molecular weight excluding hydrogens is 526 g/mol. The maximum atomic E-state index is 14.8. The molecule has 10 nitrogen and oxygen atoms in total. The molecule has 0 radical (unpaired) electrons. The average Bonchev–Trinajstić information content (AvgIpc) is 3.42. The van der Waals surface area contributed by atoms with Gasteiger partial charge >= 0.3 is 0 Å². The summed E-state index contributed by atoms with van der Waals surface area (Å²) in [5.41, 5.74) is 0. The summed E-state index contributed by atoms with van der Waals surface area (Å²) < 4.78 is 29.7.